The summed E-state index contributed by atoms with van der Waals surface area (Å²) in [4.78, 5) is 21.4. The van der Waals surface area contributed by atoms with Crippen LogP contribution in [0.3, 0.4) is 0 Å². The second-order valence-electron chi connectivity index (χ2n) is 6.83. The summed E-state index contributed by atoms with van der Waals surface area (Å²) in [7, 11) is 1.70. The molecule has 1 aliphatic heterocycles. The van der Waals surface area contributed by atoms with Crippen molar-refractivity contribution in [3.63, 3.8) is 0 Å². The molecule has 0 radical (unpaired) electrons. The number of para-hydroxylation sites is 2. The van der Waals surface area contributed by atoms with Gasteiger partial charge < -0.3 is 24.3 Å². The number of methoxy groups -OCH3 is 1. The summed E-state index contributed by atoms with van der Waals surface area (Å²) in [6, 6.07) is 13.6. The molecule has 7 nitrogen and oxygen atoms in total. The normalized spacial score (nSPS) is 14.0. The van der Waals surface area contributed by atoms with Crippen molar-refractivity contribution in [3.8, 4) is 5.75 Å². The number of piperazine rings is 1. The highest BCUT2D eigenvalue weighted by atomic mass is 16.5. The SMILES string of the molecule is COc1ccccc1N1CCN(c2ncccc2CNC(=O)c2ccoc2)CC1. The third kappa shape index (κ3) is 4.18. The maximum Gasteiger partial charge on any atom is 0.254 e. The molecule has 0 atom stereocenters. The van der Waals surface area contributed by atoms with Gasteiger partial charge in [-0.1, -0.05) is 18.2 Å². The Morgan fingerprint density at radius 2 is 1.90 bits per heavy atom. The predicted molar refractivity (Wildman–Crippen MR) is 112 cm³/mol. The second-order valence-corrected chi connectivity index (χ2v) is 6.83. The molecule has 1 aliphatic rings. The molecule has 1 saturated heterocycles. The van der Waals surface area contributed by atoms with Crippen LogP contribution in [0.15, 0.2) is 65.6 Å². The molecule has 7 heteroatoms. The van der Waals surface area contributed by atoms with Crippen LogP contribution in [0.1, 0.15) is 15.9 Å². The Hall–Kier alpha value is -3.48. The summed E-state index contributed by atoms with van der Waals surface area (Å²) >= 11 is 0. The minimum atomic E-state index is -0.158. The van der Waals surface area contributed by atoms with E-state index in [1.807, 2.05) is 30.3 Å². The average Bonchev–Trinajstić information content (AvgIpc) is 3.33. The number of anilines is 2. The molecule has 0 aliphatic carbocycles. The fourth-order valence-corrected chi connectivity index (χ4v) is 3.57. The van der Waals surface area contributed by atoms with E-state index >= 15 is 0 Å². The summed E-state index contributed by atoms with van der Waals surface area (Å²) in [6.45, 7) is 3.85. The standard InChI is InChI=1S/C22H24N4O3/c1-28-20-7-3-2-6-19(20)25-10-12-26(13-11-25)21-17(5-4-9-23-21)15-24-22(27)18-8-14-29-16-18/h2-9,14,16H,10-13,15H2,1H3,(H,24,27). The highest BCUT2D eigenvalue weighted by Gasteiger charge is 2.22. The van der Waals surface area contributed by atoms with Gasteiger partial charge in [-0.15, -0.1) is 0 Å². The van der Waals surface area contributed by atoms with Crippen molar-refractivity contribution in [1.82, 2.24) is 10.3 Å². The number of furan rings is 1. The fourth-order valence-electron chi connectivity index (χ4n) is 3.57. The van der Waals surface area contributed by atoms with Crippen molar-refractivity contribution in [3.05, 3.63) is 72.3 Å². The molecule has 0 unspecified atom stereocenters. The Balaban J connectivity index is 1.42. The van der Waals surface area contributed by atoms with Crippen molar-refractivity contribution in [2.24, 2.45) is 0 Å². The van der Waals surface area contributed by atoms with Crippen LogP contribution in [0, 0.1) is 0 Å². The monoisotopic (exact) mass is 392 g/mol. The third-order valence-corrected chi connectivity index (χ3v) is 5.10. The number of nitrogens with zero attached hydrogens (tertiary/aromatic N) is 3. The summed E-state index contributed by atoms with van der Waals surface area (Å²) in [6.07, 6.45) is 4.73. The molecule has 2 aromatic heterocycles. The van der Waals surface area contributed by atoms with Crippen LogP contribution in [0.4, 0.5) is 11.5 Å². The van der Waals surface area contributed by atoms with Crippen LogP contribution < -0.4 is 19.9 Å². The largest absolute Gasteiger partial charge is 0.495 e. The summed E-state index contributed by atoms with van der Waals surface area (Å²) in [5, 5.41) is 2.94. The maximum absolute atomic E-state index is 12.2. The first-order valence-corrected chi connectivity index (χ1v) is 9.63. The first kappa shape index (κ1) is 18.9. The zero-order valence-corrected chi connectivity index (χ0v) is 16.4. The number of carbonyl (C=O) groups is 1. The van der Waals surface area contributed by atoms with Crippen molar-refractivity contribution < 1.29 is 13.9 Å². The molecule has 0 spiro atoms. The predicted octanol–water partition coefficient (Wildman–Crippen LogP) is 2.94. The molecule has 1 amide bonds. The Labute approximate surface area is 169 Å². The van der Waals surface area contributed by atoms with Gasteiger partial charge in [-0.2, -0.15) is 0 Å². The van der Waals surface area contributed by atoms with Crippen LogP contribution in [0.2, 0.25) is 0 Å². The Morgan fingerprint density at radius 3 is 2.66 bits per heavy atom. The van der Waals surface area contributed by atoms with Gasteiger partial charge in [0.15, 0.2) is 0 Å². The first-order valence-electron chi connectivity index (χ1n) is 9.63. The number of rotatable bonds is 6. The highest BCUT2D eigenvalue weighted by molar-refractivity contribution is 5.93. The van der Waals surface area contributed by atoms with E-state index in [0.29, 0.717) is 12.1 Å². The number of hydrogen-bond donors (Lipinski definition) is 1. The molecule has 0 bridgehead atoms. The lowest BCUT2D eigenvalue weighted by Crippen LogP contribution is -2.47. The van der Waals surface area contributed by atoms with Gasteiger partial charge in [0.2, 0.25) is 0 Å². The Bertz CT molecular complexity index is 950. The molecule has 4 rings (SSSR count). The quantitative estimate of drug-likeness (QED) is 0.696. The van der Waals surface area contributed by atoms with Crippen LogP contribution >= 0.6 is 0 Å². The molecule has 150 valence electrons. The fraction of sp³-hybridized carbons (Fsp3) is 0.273. The zero-order chi connectivity index (χ0) is 20.1. The van der Waals surface area contributed by atoms with E-state index in [1.165, 1.54) is 12.5 Å². The van der Waals surface area contributed by atoms with Crippen LogP contribution in [-0.4, -0.2) is 44.2 Å². The van der Waals surface area contributed by atoms with Crippen molar-refractivity contribution in [1.29, 1.82) is 0 Å². The molecule has 0 saturated carbocycles. The molecule has 3 heterocycles. The molecular weight excluding hydrogens is 368 g/mol. The Morgan fingerprint density at radius 1 is 1.10 bits per heavy atom. The molecule has 3 aromatic rings. The number of benzene rings is 1. The third-order valence-electron chi connectivity index (χ3n) is 5.10. The van der Waals surface area contributed by atoms with Gasteiger partial charge in [-0.05, 0) is 24.3 Å². The van der Waals surface area contributed by atoms with E-state index in [-0.39, 0.29) is 5.91 Å². The second kappa shape index (κ2) is 8.68. The van der Waals surface area contributed by atoms with E-state index in [2.05, 4.69) is 26.2 Å². The molecule has 1 fully saturated rings. The lowest BCUT2D eigenvalue weighted by molar-refractivity contribution is 0.0950. The molecule has 29 heavy (non-hydrogen) atoms. The topological polar surface area (TPSA) is 70.8 Å². The Kier molecular flexibility index (Phi) is 5.65. The van der Waals surface area contributed by atoms with E-state index < -0.39 is 0 Å². The first-order chi connectivity index (χ1) is 14.3. The number of pyridine rings is 1. The van der Waals surface area contributed by atoms with E-state index in [9.17, 15) is 4.79 Å². The number of amides is 1. The van der Waals surface area contributed by atoms with Gasteiger partial charge in [0.1, 0.15) is 17.8 Å². The van der Waals surface area contributed by atoms with Gasteiger partial charge in [0, 0.05) is 44.5 Å². The van der Waals surface area contributed by atoms with Gasteiger partial charge >= 0.3 is 0 Å². The summed E-state index contributed by atoms with van der Waals surface area (Å²) < 4.78 is 10.5. The average molecular weight is 392 g/mol. The van der Waals surface area contributed by atoms with Crippen molar-refractivity contribution in [2.75, 3.05) is 43.1 Å². The summed E-state index contributed by atoms with van der Waals surface area (Å²) in [5.74, 6) is 1.65. The van der Waals surface area contributed by atoms with E-state index in [4.69, 9.17) is 9.15 Å². The van der Waals surface area contributed by atoms with Crippen molar-refractivity contribution in [2.45, 2.75) is 6.54 Å². The minimum Gasteiger partial charge on any atom is -0.495 e. The number of carbonyl (C=O) groups excluding carboxylic acids is 1. The highest BCUT2D eigenvalue weighted by Crippen LogP contribution is 2.29. The molecular formula is C22H24N4O3. The van der Waals surface area contributed by atoms with Gasteiger partial charge in [-0.25, -0.2) is 4.98 Å². The number of aromatic nitrogens is 1. The number of nitrogens with one attached hydrogen (secondary N) is 1. The van der Waals surface area contributed by atoms with Gasteiger partial charge in [-0.3, -0.25) is 4.79 Å². The smallest absolute Gasteiger partial charge is 0.254 e. The van der Waals surface area contributed by atoms with Gasteiger partial charge in [0.25, 0.3) is 5.91 Å². The number of ether oxygens (including phenoxy) is 1. The van der Waals surface area contributed by atoms with Crippen LogP contribution in [-0.2, 0) is 6.54 Å². The van der Waals surface area contributed by atoms with E-state index in [0.717, 1.165) is 49.0 Å². The number of hydrogen-bond acceptors (Lipinski definition) is 6. The zero-order valence-electron chi connectivity index (χ0n) is 16.4. The van der Waals surface area contributed by atoms with Crippen LogP contribution in [0.5, 0.6) is 5.75 Å². The molecule has 1 N–H and O–H groups in total. The lowest BCUT2D eigenvalue weighted by Gasteiger charge is -2.37. The minimum absolute atomic E-state index is 0.158. The molecule has 1 aromatic carbocycles. The van der Waals surface area contributed by atoms with E-state index in [1.54, 1.807) is 19.4 Å². The van der Waals surface area contributed by atoms with Crippen LogP contribution in [0.25, 0.3) is 0 Å². The maximum atomic E-state index is 12.2. The van der Waals surface area contributed by atoms with Gasteiger partial charge in [0.05, 0.1) is 24.6 Å². The van der Waals surface area contributed by atoms with Crippen molar-refractivity contribution >= 4 is 17.4 Å². The lowest BCUT2D eigenvalue weighted by atomic mass is 10.2. The summed E-state index contributed by atoms with van der Waals surface area (Å²) in [5.41, 5.74) is 2.62.